The highest BCUT2D eigenvalue weighted by atomic mass is 79.9. The monoisotopic (exact) mass is 605 g/mol. The normalized spacial score (nSPS) is 12.2. The molecular weight excluding hydrogens is 578 g/mol. The number of carbonyl (C=O) groups is 2. The zero-order valence-electron chi connectivity index (χ0n) is 20.8. The standard InChI is InChI=1S/C27H29BrClN3O4S/c1-19(2)30-27(34)20(3)31(17-21-8-7-9-22(28)16-21)26(33)18-32(24-14-12-23(29)13-15-24)37(35,36)25-10-5-4-6-11-25/h4-16,19-20H,17-18H2,1-3H3,(H,30,34)/t20-/m0/s1. The Labute approximate surface area is 231 Å². The molecule has 0 heterocycles. The lowest BCUT2D eigenvalue weighted by Crippen LogP contribution is -2.52. The Balaban J connectivity index is 2.01. The predicted molar refractivity (Wildman–Crippen MR) is 150 cm³/mol. The van der Waals surface area contributed by atoms with E-state index in [4.69, 9.17) is 11.6 Å². The number of carbonyl (C=O) groups excluding carboxylic acids is 2. The molecule has 10 heteroatoms. The quantitative estimate of drug-likeness (QED) is 0.342. The zero-order chi connectivity index (χ0) is 27.2. The first kappa shape index (κ1) is 28.7. The van der Waals surface area contributed by atoms with E-state index in [1.54, 1.807) is 49.4 Å². The number of amides is 2. The van der Waals surface area contributed by atoms with Crippen molar-refractivity contribution in [2.75, 3.05) is 10.8 Å². The van der Waals surface area contributed by atoms with E-state index in [0.717, 1.165) is 14.3 Å². The number of halogens is 2. The smallest absolute Gasteiger partial charge is 0.264 e. The molecule has 7 nitrogen and oxygen atoms in total. The van der Waals surface area contributed by atoms with E-state index in [1.165, 1.54) is 17.0 Å². The van der Waals surface area contributed by atoms with Crippen LogP contribution in [0.3, 0.4) is 0 Å². The average molecular weight is 607 g/mol. The summed E-state index contributed by atoms with van der Waals surface area (Å²) in [5, 5.41) is 3.27. The maximum absolute atomic E-state index is 13.8. The number of anilines is 1. The molecule has 0 aliphatic rings. The highest BCUT2D eigenvalue weighted by Crippen LogP contribution is 2.26. The first-order chi connectivity index (χ1) is 17.5. The number of sulfonamides is 1. The number of nitrogens with zero attached hydrogens (tertiary/aromatic N) is 2. The Kier molecular flexibility index (Phi) is 9.75. The van der Waals surface area contributed by atoms with Crippen molar-refractivity contribution in [3.05, 3.63) is 93.9 Å². The second-order valence-corrected chi connectivity index (χ2v) is 12.0. The molecule has 0 aliphatic heterocycles. The van der Waals surface area contributed by atoms with Crippen molar-refractivity contribution in [2.24, 2.45) is 0 Å². The third kappa shape index (κ3) is 7.56. The van der Waals surface area contributed by atoms with Gasteiger partial charge in [0.2, 0.25) is 11.8 Å². The Bertz CT molecular complexity index is 1340. The van der Waals surface area contributed by atoms with E-state index in [1.807, 2.05) is 38.1 Å². The van der Waals surface area contributed by atoms with Crippen LogP contribution < -0.4 is 9.62 Å². The van der Waals surface area contributed by atoms with Crippen LogP contribution in [0.25, 0.3) is 0 Å². The first-order valence-electron chi connectivity index (χ1n) is 11.7. The van der Waals surface area contributed by atoms with E-state index >= 15 is 0 Å². The maximum atomic E-state index is 13.8. The summed E-state index contributed by atoms with van der Waals surface area (Å²) >= 11 is 9.47. The molecule has 0 bridgehead atoms. The van der Waals surface area contributed by atoms with E-state index in [0.29, 0.717) is 5.02 Å². The molecule has 0 spiro atoms. The SMILES string of the molecule is CC(C)NC(=O)[C@H](C)N(Cc1cccc(Br)c1)C(=O)CN(c1ccc(Cl)cc1)S(=O)(=O)c1ccccc1. The highest BCUT2D eigenvalue weighted by molar-refractivity contribution is 9.10. The van der Waals surface area contributed by atoms with Gasteiger partial charge in [0.05, 0.1) is 10.6 Å². The third-order valence-corrected chi connectivity index (χ3v) is 8.10. The molecule has 0 unspecified atom stereocenters. The molecule has 0 aromatic heterocycles. The van der Waals surface area contributed by atoms with E-state index < -0.39 is 28.5 Å². The van der Waals surface area contributed by atoms with Crippen molar-refractivity contribution in [1.82, 2.24) is 10.2 Å². The molecular formula is C27H29BrClN3O4S. The molecule has 3 rings (SSSR count). The Morgan fingerprint density at radius 2 is 1.59 bits per heavy atom. The van der Waals surface area contributed by atoms with Gasteiger partial charge in [-0.15, -0.1) is 0 Å². The second-order valence-electron chi connectivity index (χ2n) is 8.79. The number of hydrogen-bond acceptors (Lipinski definition) is 4. The van der Waals surface area contributed by atoms with Crippen LogP contribution in [-0.4, -0.2) is 43.8 Å². The number of benzene rings is 3. The van der Waals surface area contributed by atoms with Crippen LogP contribution >= 0.6 is 27.5 Å². The van der Waals surface area contributed by atoms with Crippen LogP contribution in [0.5, 0.6) is 0 Å². The minimum absolute atomic E-state index is 0.0434. The molecule has 0 fully saturated rings. The molecule has 1 atom stereocenters. The fourth-order valence-electron chi connectivity index (χ4n) is 3.68. The van der Waals surface area contributed by atoms with Crippen LogP contribution in [-0.2, 0) is 26.2 Å². The summed E-state index contributed by atoms with van der Waals surface area (Å²) in [4.78, 5) is 28.1. The van der Waals surface area contributed by atoms with Crippen LogP contribution in [0.15, 0.2) is 88.2 Å². The van der Waals surface area contributed by atoms with E-state index in [2.05, 4.69) is 21.2 Å². The summed E-state index contributed by atoms with van der Waals surface area (Å²) in [7, 11) is -4.11. The summed E-state index contributed by atoms with van der Waals surface area (Å²) in [6.45, 7) is 4.91. The minimum Gasteiger partial charge on any atom is -0.352 e. The minimum atomic E-state index is -4.11. The summed E-state index contributed by atoms with van der Waals surface area (Å²) in [5.74, 6) is -0.858. The molecule has 196 valence electrons. The molecule has 3 aromatic carbocycles. The van der Waals surface area contributed by atoms with E-state index in [9.17, 15) is 18.0 Å². The highest BCUT2D eigenvalue weighted by Gasteiger charge is 2.32. The Hall–Kier alpha value is -2.88. The van der Waals surface area contributed by atoms with Gasteiger partial charge in [-0.05, 0) is 74.9 Å². The largest absolute Gasteiger partial charge is 0.352 e. The van der Waals surface area contributed by atoms with Crippen LogP contribution in [0.1, 0.15) is 26.3 Å². The molecule has 1 N–H and O–H groups in total. The third-order valence-electron chi connectivity index (χ3n) is 5.56. The predicted octanol–water partition coefficient (Wildman–Crippen LogP) is 5.24. The number of nitrogens with one attached hydrogen (secondary N) is 1. The fraction of sp³-hybridized carbons (Fsp3) is 0.259. The van der Waals surface area contributed by atoms with Gasteiger partial charge in [-0.3, -0.25) is 13.9 Å². The summed E-state index contributed by atoms with van der Waals surface area (Å²) in [5.41, 5.74) is 1.07. The second kappa shape index (κ2) is 12.6. The van der Waals surface area contributed by atoms with Gasteiger partial charge < -0.3 is 10.2 Å². The molecule has 2 amide bonds. The first-order valence-corrected chi connectivity index (χ1v) is 14.3. The van der Waals surface area contributed by atoms with Crippen molar-refractivity contribution in [3.8, 4) is 0 Å². The topological polar surface area (TPSA) is 86.8 Å². The fourth-order valence-corrected chi connectivity index (χ4v) is 5.68. The van der Waals surface area contributed by atoms with Crippen molar-refractivity contribution in [1.29, 1.82) is 0 Å². The van der Waals surface area contributed by atoms with Crippen LogP contribution in [0, 0.1) is 0 Å². The van der Waals surface area contributed by atoms with Crippen molar-refractivity contribution in [3.63, 3.8) is 0 Å². The van der Waals surface area contributed by atoms with Gasteiger partial charge in [0, 0.05) is 22.1 Å². The summed E-state index contributed by atoms with van der Waals surface area (Å²) in [6.07, 6.45) is 0. The maximum Gasteiger partial charge on any atom is 0.264 e. The van der Waals surface area contributed by atoms with Crippen molar-refractivity contribution >= 4 is 55.1 Å². The lowest BCUT2D eigenvalue weighted by atomic mass is 10.1. The van der Waals surface area contributed by atoms with E-state index in [-0.39, 0.29) is 29.1 Å². The molecule has 3 aromatic rings. The van der Waals surface area contributed by atoms with Gasteiger partial charge in [0.15, 0.2) is 0 Å². The number of hydrogen-bond donors (Lipinski definition) is 1. The molecule has 0 saturated carbocycles. The van der Waals surface area contributed by atoms with Crippen molar-refractivity contribution < 1.29 is 18.0 Å². The van der Waals surface area contributed by atoms with Crippen LogP contribution in [0.4, 0.5) is 5.69 Å². The molecule has 0 radical (unpaired) electrons. The molecule has 0 aliphatic carbocycles. The Morgan fingerprint density at radius 3 is 2.19 bits per heavy atom. The van der Waals surface area contributed by atoms with Crippen molar-refractivity contribution in [2.45, 2.75) is 44.3 Å². The van der Waals surface area contributed by atoms with Gasteiger partial charge in [-0.25, -0.2) is 8.42 Å². The van der Waals surface area contributed by atoms with Crippen LogP contribution in [0.2, 0.25) is 5.02 Å². The lowest BCUT2D eigenvalue weighted by molar-refractivity contribution is -0.139. The molecule has 0 saturated heterocycles. The van der Waals surface area contributed by atoms with Gasteiger partial charge in [0.25, 0.3) is 10.0 Å². The number of rotatable bonds is 10. The average Bonchev–Trinajstić information content (AvgIpc) is 2.86. The lowest BCUT2D eigenvalue weighted by Gasteiger charge is -2.32. The summed E-state index contributed by atoms with van der Waals surface area (Å²) in [6, 6.07) is 20.5. The Morgan fingerprint density at radius 1 is 0.946 bits per heavy atom. The van der Waals surface area contributed by atoms with Gasteiger partial charge in [0.1, 0.15) is 12.6 Å². The van der Waals surface area contributed by atoms with Gasteiger partial charge >= 0.3 is 0 Å². The zero-order valence-corrected chi connectivity index (χ0v) is 23.9. The van der Waals surface area contributed by atoms with Gasteiger partial charge in [-0.1, -0.05) is 57.9 Å². The van der Waals surface area contributed by atoms with Gasteiger partial charge in [-0.2, -0.15) is 0 Å². The summed E-state index contributed by atoms with van der Waals surface area (Å²) < 4.78 is 29.2. The molecule has 37 heavy (non-hydrogen) atoms.